The molecule has 1 aliphatic rings. The van der Waals surface area contributed by atoms with E-state index in [1.807, 2.05) is 17.8 Å². The molecule has 0 amide bonds. The number of hydrogen-bond acceptors (Lipinski definition) is 4. The lowest BCUT2D eigenvalue weighted by Gasteiger charge is -2.40. The van der Waals surface area contributed by atoms with Gasteiger partial charge in [-0.05, 0) is 37.3 Å². The van der Waals surface area contributed by atoms with Crippen LogP contribution in [0.4, 0.5) is 15.9 Å². The van der Waals surface area contributed by atoms with Crippen molar-refractivity contribution < 1.29 is 4.39 Å². The summed E-state index contributed by atoms with van der Waals surface area (Å²) in [5.41, 5.74) is 6.29. The fourth-order valence-electron chi connectivity index (χ4n) is 2.64. The van der Waals surface area contributed by atoms with E-state index in [1.165, 1.54) is 25.5 Å². The number of nitrogens with two attached hydrogens (primary N) is 1. The second kappa shape index (κ2) is 5.13. The molecule has 0 unspecified atom stereocenters. The van der Waals surface area contributed by atoms with Crippen molar-refractivity contribution in [2.24, 2.45) is 0 Å². The van der Waals surface area contributed by atoms with Crippen LogP contribution in [0.1, 0.15) is 19.3 Å². The molecule has 106 valence electrons. The third-order valence-corrected chi connectivity index (χ3v) is 5.56. The zero-order chi connectivity index (χ0) is 14.2. The molecule has 2 aromatic rings. The van der Waals surface area contributed by atoms with Crippen molar-refractivity contribution in [3.05, 3.63) is 30.2 Å². The maximum atomic E-state index is 13.8. The van der Waals surface area contributed by atoms with Crippen LogP contribution in [0.15, 0.2) is 24.4 Å². The molecule has 1 heterocycles. The van der Waals surface area contributed by atoms with E-state index in [2.05, 4.69) is 16.6 Å². The number of rotatable bonds is 4. The Balaban J connectivity index is 1.90. The largest absolute Gasteiger partial charge is 0.399 e. The minimum absolute atomic E-state index is 0.316. The van der Waals surface area contributed by atoms with Gasteiger partial charge in [-0.15, -0.1) is 0 Å². The highest BCUT2D eigenvalue weighted by Crippen LogP contribution is 2.43. The van der Waals surface area contributed by atoms with Crippen molar-refractivity contribution in [1.29, 1.82) is 0 Å². The summed E-state index contributed by atoms with van der Waals surface area (Å²) in [7, 11) is 0. The molecule has 0 aliphatic heterocycles. The summed E-state index contributed by atoms with van der Waals surface area (Å²) in [6, 6.07) is 5.27. The van der Waals surface area contributed by atoms with E-state index in [9.17, 15) is 4.39 Å². The van der Waals surface area contributed by atoms with Crippen LogP contribution in [0.5, 0.6) is 0 Å². The molecule has 1 saturated carbocycles. The summed E-state index contributed by atoms with van der Waals surface area (Å²) in [6.45, 7) is 0.867. The summed E-state index contributed by atoms with van der Waals surface area (Å²) < 4.78 is 14.1. The second-order valence-corrected chi connectivity index (χ2v) is 6.63. The minimum atomic E-state index is -0.332. The summed E-state index contributed by atoms with van der Waals surface area (Å²) >= 11 is 1.90. The molecule has 3 rings (SSSR count). The van der Waals surface area contributed by atoms with Gasteiger partial charge in [-0.2, -0.15) is 11.8 Å². The van der Waals surface area contributed by atoms with Crippen LogP contribution in [0.2, 0.25) is 0 Å². The zero-order valence-electron chi connectivity index (χ0n) is 11.4. The molecule has 1 aromatic heterocycles. The quantitative estimate of drug-likeness (QED) is 0.844. The van der Waals surface area contributed by atoms with Gasteiger partial charge in [0, 0.05) is 27.8 Å². The number of thioether (sulfide) groups is 1. The minimum Gasteiger partial charge on any atom is -0.399 e. The maximum absolute atomic E-state index is 13.8. The normalized spacial score (nSPS) is 16.9. The van der Waals surface area contributed by atoms with Gasteiger partial charge >= 0.3 is 0 Å². The topological polar surface area (TPSA) is 50.9 Å². The number of anilines is 2. The number of hydrogen-bond donors (Lipinski definition) is 2. The highest BCUT2D eigenvalue weighted by molar-refractivity contribution is 8.00. The zero-order valence-corrected chi connectivity index (χ0v) is 12.3. The van der Waals surface area contributed by atoms with Crippen LogP contribution in [0, 0.1) is 5.82 Å². The van der Waals surface area contributed by atoms with Crippen LogP contribution in [0.25, 0.3) is 10.8 Å². The second-order valence-electron chi connectivity index (χ2n) is 5.35. The number of halogens is 1. The van der Waals surface area contributed by atoms with E-state index in [-0.39, 0.29) is 5.82 Å². The monoisotopic (exact) mass is 291 g/mol. The molecule has 20 heavy (non-hydrogen) atoms. The van der Waals surface area contributed by atoms with Crippen molar-refractivity contribution in [3.63, 3.8) is 0 Å². The Kier molecular flexibility index (Phi) is 3.46. The molecular weight excluding hydrogens is 273 g/mol. The van der Waals surface area contributed by atoms with Crippen molar-refractivity contribution in [2.75, 3.05) is 23.9 Å². The van der Waals surface area contributed by atoms with Gasteiger partial charge in [0.15, 0.2) is 0 Å². The number of pyridine rings is 1. The Labute approximate surface area is 122 Å². The fourth-order valence-corrected chi connectivity index (χ4v) is 3.55. The lowest BCUT2D eigenvalue weighted by Crippen LogP contribution is -2.40. The molecule has 0 radical (unpaired) electrons. The van der Waals surface area contributed by atoms with Crippen LogP contribution in [-0.2, 0) is 0 Å². The van der Waals surface area contributed by atoms with Gasteiger partial charge in [0.25, 0.3) is 0 Å². The van der Waals surface area contributed by atoms with Crippen LogP contribution >= 0.6 is 11.8 Å². The molecule has 0 atom stereocenters. The molecule has 5 heteroatoms. The maximum Gasteiger partial charge on any atom is 0.149 e. The highest BCUT2D eigenvalue weighted by Gasteiger charge is 2.35. The number of fused-ring (bicyclic) bond motifs is 1. The van der Waals surface area contributed by atoms with E-state index >= 15 is 0 Å². The SMILES string of the molecule is CSC1(CNc2ncc(F)c3cc(N)ccc23)CCC1. The third-order valence-electron chi connectivity index (χ3n) is 4.14. The molecule has 0 bridgehead atoms. The van der Waals surface area contributed by atoms with Crippen molar-refractivity contribution in [3.8, 4) is 0 Å². The Morgan fingerprint density at radius 1 is 1.40 bits per heavy atom. The number of nitrogens with one attached hydrogen (secondary N) is 1. The summed E-state index contributed by atoms with van der Waals surface area (Å²) in [5.74, 6) is 0.405. The van der Waals surface area contributed by atoms with E-state index in [4.69, 9.17) is 5.73 Å². The van der Waals surface area contributed by atoms with Gasteiger partial charge in [0.05, 0.1) is 6.20 Å². The summed E-state index contributed by atoms with van der Waals surface area (Å²) in [4.78, 5) is 4.20. The fraction of sp³-hybridized carbons (Fsp3) is 0.400. The van der Waals surface area contributed by atoms with E-state index in [1.54, 1.807) is 12.1 Å². The number of nitrogen functional groups attached to an aromatic ring is 1. The lowest BCUT2D eigenvalue weighted by molar-refractivity contribution is 0.379. The van der Waals surface area contributed by atoms with E-state index in [0.29, 0.717) is 15.8 Å². The lowest BCUT2D eigenvalue weighted by atomic mass is 9.84. The smallest absolute Gasteiger partial charge is 0.149 e. The standard InChI is InChI=1S/C15H18FN3S/c1-20-15(5-2-6-15)9-19-14-11-4-3-10(17)7-12(11)13(16)8-18-14/h3-4,7-8H,2,5-6,9,17H2,1H3,(H,18,19). The van der Waals surface area contributed by atoms with Crippen LogP contribution in [-0.4, -0.2) is 22.5 Å². The average molecular weight is 291 g/mol. The van der Waals surface area contributed by atoms with Gasteiger partial charge in [-0.1, -0.05) is 6.42 Å². The van der Waals surface area contributed by atoms with Gasteiger partial charge in [0.2, 0.25) is 0 Å². The van der Waals surface area contributed by atoms with Crippen molar-refractivity contribution in [1.82, 2.24) is 4.98 Å². The number of benzene rings is 1. The Bertz CT molecular complexity index is 635. The van der Waals surface area contributed by atoms with Gasteiger partial charge in [-0.3, -0.25) is 0 Å². The van der Waals surface area contributed by atoms with Gasteiger partial charge in [0.1, 0.15) is 11.6 Å². The van der Waals surface area contributed by atoms with Crippen molar-refractivity contribution >= 4 is 34.0 Å². The van der Waals surface area contributed by atoms with Crippen LogP contribution in [0.3, 0.4) is 0 Å². The number of nitrogens with zero attached hydrogens (tertiary/aromatic N) is 1. The van der Waals surface area contributed by atoms with E-state index in [0.717, 1.165) is 17.7 Å². The van der Waals surface area contributed by atoms with Gasteiger partial charge in [-0.25, -0.2) is 9.37 Å². The Morgan fingerprint density at radius 2 is 2.20 bits per heavy atom. The molecule has 1 aliphatic carbocycles. The van der Waals surface area contributed by atoms with Crippen molar-refractivity contribution in [2.45, 2.75) is 24.0 Å². The molecule has 1 aromatic carbocycles. The first kappa shape index (κ1) is 13.5. The first-order valence-electron chi connectivity index (χ1n) is 6.76. The molecule has 3 N–H and O–H groups in total. The predicted octanol–water partition coefficient (Wildman–Crippen LogP) is 3.65. The summed E-state index contributed by atoms with van der Waals surface area (Å²) in [6.07, 6.45) is 7.16. The first-order valence-corrected chi connectivity index (χ1v) is 7.99. The Hall–Kier alpha value is -1.49. The summed E-state index contributed by atoms with van der Waals surface area (Å²) in [5, 5.41) is 4.70. The molecular formula is C15H18FN3S. The third kappa shape index (κ3) is 2.30. The molecule has 3 nitrogen and oxygen atoms in total. The molecule has 0 spiro atoms. The predicted molar refractivity (Wildman–Crippen MR) is 84.7 cm³/mol. The average Bonchev–Trinajstić information content (AvgIpc) is 2.40. The van der Waals surface area contributed by atoms with Gasteiger partial charge < -0.3 is 11.1 Å². The Morgan fingerprint density at radius 3 is 2.85 bits per heavy atom. The first-order chi connectivity index (χ1) is 9.63. The molecule has 1 fully saturated rings. The highest BCUT2D eigenvalue weighted by atomic mass is 32.2. The number of aromatic nitrogens is 1. The van der Waals surface area contributed by atoms with E-state index < -0.39 is 0 Å². The van der Waals surface area contributed by atoms with Crippen LogP contribution < -0.4 is 11.1 Å². The molecule has 0 saturated heterocycles.